The van der Waals surface area contributed by atoms with Crippen molar-refractivity contribution in [1.29, 1.82) is 0 Å². The molecule has 14 heavy (non-hydrogen) atoms. The van der Waals surface area contributed by atoms with Crippen LogP contribution in [-0.2, 0) is 5.88 Å². The van der Waals surface area contributed by atoms with Crippen LogP contribution in [0.25, 0.3) is 0 Å². The Bertz CT molecular complexity index is 297. The molecule has 1 aromatic heterocycles. The van der Waals surface area contributed by atoms with Crippen LogP contribution in [0, 0.1) is 0 Å². The van der Waals surface area contributed by atoms with Gasteiger partial charge in [-0.2, -0.15) is 0 Å². The predicted octanol–water partition coefficient (Wildman–Crippen LogP) is 1.96. The Morgan fingerprint density at radius 2 is 2.57 bits per heavy atom. The second-order valence-electron chi connectivity index (χ2n) is 4.02. The first-order chi connectivity index (χ1) is 6.79. The number of nitrogens with zero attached hydrogens (tertiary/aromatic N) is 2. The Balaban J connectivity index is 2.06. The maximum Gasteiger partial charge on any atom is 0.121 e. The molecular weight excluding hydrogens is 198 g/mol. The van der Waals surface area contributed by atoms with Gasteiger partial charge in [-0.25, -0.2) is 4.98 Å². The van der Waals surface area contributed by atoms with Gasteiger partial charge >= 0.3 is 0 Å². The average Bonchev–Trinajstić information content (AvgIpc) is 2.66. The molecule has 2 heterocycles. The third-order valence-corrected chi connectivity index (χ3v) is 3.09. The molecule has 4 heteroatoms. The highest BCUT2D eigenvalue weighted by molar-refractivity contribution is 6.16. The molecule has 0 bridgehead atoms. The van der Waals surface area contributed by atoms with Gasteiger partial charge in [-0.1, -0.05) is 0 Å². The van der Waals surface area contributed by atoms with Gasteiger partial charge in [-0.3, -0.25) is 0 Å². The van der Waals surface area contributed by atoms with Gasteiger partial charge in [0.15, 0.2) is 0 Å². The smallest absolute Gasteiger partial charge is 0.121 e. The van der Waals surface area contributed by atoms with Gasteiger partial charge in [0.2, 0.25) is 0 Å². The molecule has 1 unspecified atom stereocenters. The fourth-order valence-corrected chi connectivity index (χ4v) is 2.21. The molecule has 1 aliphatic rings. The molecule has 1 aliphatic heterocycles. The first-order valence-corrected chi connectivity index (χ1v) is 5.61. The molecule has 3 nitrogen and oxygen atoms in total. The Hall–Kier alpha value is -0.540. The summed E-state index contributed by atoms with van der Waals surface area (Å²) in [6.07, 6.45) is 4.46. The number of aromatic amines is 1. The summed E-state index contributed by atoms with van der Waals surface area (Å²) in [5.74, 6) is 1.97. The second kappa shape index (κ2) is 4.32. The van der Waals surface area contributed by atoms with E-state index < -0.39 is 0 Å². The van der Waals surface area contributed by atoms with Crippen molar-refractivity contribution in [1.82, 2.24) is 14.9 Å². The number of nitrogens with one attached hydrogen (secondary N) is 1. The van der Waals surface area contributed by atoms with E-state index in [1.54, 1.807) is 0 Å². The lowest BCUT2D eigenvalue weighted by atomic mass is 9.96. The van der Waals surface area contributed by atoms with Crippen LogP contribution >= 0.6 is 11.6 Å². The van der Waals surface area contributed by atoms with E-state index in [4.69, 9.17) is 11.6 Å². The van der Waals surface area contributed by atoms with E-state index in [0.29, 0.717) is 11.8 Å². The molecule has 0 aromatic carbocycles. The molecule has 0 saturated carbocycles. The monoisotopic (exact) mass is 213 g/mol. The fraction of sp³-hybridized carbons (Fsp3) is 0.700. The first kappa shape index (κ1) is 9.99. The van der Waals surface area contributed by atoms with E-state index in [1.807, 2.05) is 6.20 Å². The summed E-state index contributed by atoms with van der Waals surface area (Å²) in [6, 6.07) is 0. The summed E-state index contributed by atoms with van der Waals surface area (Å²) < 4.78 is 0. The van der Waals surface area contributed by atoms with Crippen molar-refractivity contribution in [2.24, 2.45) is 0 Å². The van der Waals surface area contributed by atoms with E-state index in [0.717, 1.165) is 12.4 Å². The zero-order valence-electron chi connectivity index (χ0n) is 8.46. The zero-order valence-corrected chi connectivity index (χ0v) is 9.22. The molecule has 2 rings (SSSR count). The first-order valence-electron chi connectivity index (χ1n) is 5.08. The molecule has 1 fully saturated rings. The highest BCUT2D eigenvalue weighted by Crippen LogP contribution is 2.24. The lowest BCUT2D eigenvalue weighted by molar-refractivity contribution is 0.248. The Morgan fingerprint density at radius 3 is 3.21 bits per heavy atom. The summed E-state index contributed by atoms with van der Waals surface area (Å²) in [4.78, 5) is 9.88. The minimum atomic E-state index is 0.475. The average molecular weight is 214 g/mol. The zero-order chi connectivity index (χ0) is 9.97. The third-order valence-electron chi connectivity index (χ3n) is 2.84. The standard InChI is InChI=1S/C10H16ClN3/c1-14-4-2-3-8(7-14)9-6-12-10(5-11)13-9/h6,8H,2-5,7H2,1H3,(H,12,13). The van der Waals surface area contributed by atoms with Crippen molar-refractivity contribution < 1.29 is 0 Å². The van der Waals surface area contributed by atoms with Crippen molar-refractivity contribution in [2.75, 3.05) is 20.1 Å². The van der Waals surface area contributed by atoms with Gasteiger partial charge in [0.1, 0.15) is 5.82 Å². The van der Waals surface area contributed by atoms with E-state index in [-0.39, 0.29) is 0 Å². The highest BCUT2D eigenvalue weighted by atomic mass is 35.5. The Kier molecular flexibility index (Phi) is 3.08. The van der Waals surface area contributed by atoms with Crippen molar-refractivity contribution >= 4 is 11.6 Å². The van der Waals surface area contributed by atoms with Gasteiger partial charge in [0, 0.05) is 24.4 Å². The summed E-state index contributed by atoms with van der Waals surface area (Å²) >= 11 is 5.70. The SMILES string of the molecule is CN1CCCC(c2cnc(CCl)[nH]2)C1. The summed E-state index contributed by atoms with van der Waals surface area (Å²) in [5.41, 5.74) is 1.24. The highest BCUT2D eigenvalue weighted by Gasteiger charge is 2.20. The van der Waals surface area contributed by atoms with E-state index in [1.165, 1.54) is 25.1 Å². The van der Waals surface area contributed by atoms with Crippen molar-refractivity contribution in [2.45, 2.75) is 24.6 Å². The minimum absolute atomic E-state index is 0.475. The lowest BCUT2D eigenvalue weighted by Crippen LogP contribution is -2.30. The number of imidazole rings is 1. The molecule has 78 valence electrons. The number of H-pyrrole nitrogens is 1. The number of hydrogen-bond acceptors (Lipinski definition) is 2. The predicted molar refractivity (Wildman–Crippen MR) is 57.6 cm³/mol. The largest absolute Gasteiger partial charge is 0.345 e. The second-order valence-corrected chi connectivity index (χ2v) is 4.29. The van der Waals surface area contributed by atoms with Gasteiger partial charge in [0.05, 0.1) is 5.88 Å². The van der Waals surface area contributed by atoms with Gasteiger partial charge < -0.3 is 9.88 Å². The Labute approximate surface area is 89.5 Å². The quantitative estimate of drug-likeness (QED) is 0.762. The maximum absolute atomic E-state index is 5.70. The van der Waals surface area contributed by atoms with E-state index in [2.05, 4.69) is 21.9 Å². The number of halogens is 1. The van der Waals surface area contributed by atoms with Crippen LogP contribution in [0.15, 0.2) is 6.20 Å². The van der Waals surface area contributed by atoms with Crippen LogP contribution < -0.4 is 0 Å². The topological polar surface area (TPSA) is 31.9 Å². The van der Waals surface area contributed by atoms with Gasteiger partial charge in [-0.05, 0) is 26.4 Å². The molecule has 0 amide bonds. The summed E-state index contributed by atoms with van der Waals surface area (Å²) in [6.45, 7) is 2.34. The van der Waals surface area contributed by atoms with Crippen LogP contribution in [0.5, 0.6) is 0 Å². The number of alkyl halides is 1. The number of likely N-dealkylation sites (N-methyl/N-ethyl adjacent to an activating group) is 1. The molecule has 0 spiro atoms. The number of aromatic nitrogens is 2. The van der Waals surface area contributed by atoms with Crippen molar-refractivity contribution in [3.63, 3.8) is 0 Å². The van der Waals surface area contributed by atoms with Crippen LogP contribution in [-0.4, -0.2) is 35.0 Å². The van der Waals surface area contributed by atoms with Crippen LogP contribution in [0.4, 0.5) is 0 Å². The number of hydrogen-bond donors (Lipinski definition) is 1. The summed E-state index contributed by atoms with van der Waals surface area (Å²) in [5, 5.41) is 0. The third kappa shape index (κ3) is 2.10. The molecule has 1 aromatic rings. The lowest BCUT2D eigenvalue weighted by Gasteiger charge is -2.28. The number of likely N-dealkylation sites (tertiary alicyclic amines) is 1. The van der Waals surface area contributed by atoms with E-state index >= 15 is 0 Å². The number of piperidine rings is 1. The molecule has 1 saturated heterocycles. The van der Waals surface area contributed by atoms with Gasteiger partial charge in [0.25, 0.3) is 0 Å². The fourth-order valence-electron chi connectivity index (χ4n) is 2.07. The van der Waals surface area contributed by atoms with Crippen LogP contribution in [0.2, 0.25) is 0 Å². The molecule has 0 radical (unpaired) electrons. The van der Waals surface area contributed by atoms with Crippen molar-refractivity contribution in [3.8, 4) is 0 Å². The van der Waals surface area contributed by atoms with Crippen LogP contribution in [0.1, 0.15) is 30.3 Å². The Morgan fingerprint density at radius 1 is 1.71 bits per heavy atom. The van der Waals surface area contributed by atoms with Crippen molar-refractivity contribution in [3.05, 3.63) is 17.7 Å². The molecule has 1 atom stereocenters. The molecule has 1 N–H and O–H groups in total. The maximum atomic E-state index is 5.70. The van der Waals surface area contributed by atoms with Gasteiger partial charge in [-0.15, -0.1) is 11.6 Å². The molecule has 0 aliphatic carbocycles. The van der Waals surface area contributed by atoms with E-state index in [9.17, 15) is 0 Å². The summed E-state index contributed by atoms with van der Waals surface area (Å²) in [7, 11) is 2.17. The normalized spacial score (nSPS) is 24.0. The van der Waals surface area contributed by atoms with Crippen LogP contribution in [0.3, 0.4) is 0 Å². The molecular formula is C10H16ClN3. The number of rotatable bonds is 2. The minimum Gasteiger partial charge on any atom is -0.345 e.